The third-order valence-corrected chi connectivity index (χ3v) is 6.26. The number of nitrogens with one attached hydrogen (secondary N) is 2. The molecule has 1 fully saturated rings. The normalized spacial score (nSPS) is 21.8. The van der Waals surface area contributed by atoms with Gasteiger partial charge in [0.2, 0.25) is 5.95 Å². The van der Waals surface area contributed by atoms with Crippen molar-refractivity contribution in [3.05, 3.63) is 35.5 Å². The molecule has 3 aliphatic rings. The number of fused-ring (bicyclic) bond motifs is 2. The van der Waals surface area contributed by atoms with Crippen molar-refractivity contribution in [3.63, 3.8) is 0 Å². The molecule has 1 aliphatic carbocycles. The molecule has 192 valence electrons. The highest BCUT2D eigenvalue weighted by Crippen LogP contribution is 2.51. The summed E-state index contributed by atoms with van der Waals surface area (Å²) in [6.45, 7) is 8.39. The van der Waals surface area contributed by atoms with Gasteiger partial charge < -0.3 is 29.7 Å². The van der Waals surface area contributed by atoms with Gasteiger partial charge in [-0.3, -0.25) is 0 Å². The molecule has 5 rings (SSSR count). The third kappa shape index (κ3) is 4.87. The molecule has 0 spiro atoms. The molecule has 1 amide bonds. The molecule has 2 N–H and O–H groups in total. The molecular weight excluding hydrogens is 472 g/mol. The first kappa shape index (κ1) is 24.1. The highest BCUT2D eigenvalue weighted by atomic mass is 19.3. The number of carbonyl (C=O) groups excluding carboxylic acids is 1. The van der Waals surface area contributed by atoms with Crippen LogP contribution < -0.4 is 20.1 Å². The quantitative estimate of drug-likeness (QED) is 0.593. The number of aromatic nitrogens is 2. The topological polar surface area (TPSA) is 97.8 Å². The van der Waals surface area contributed by atoms with E-state index in [0.29, 0.717) is 42.5 Å². The van der Waals surface area contributed by atoms with Gasteiger partial charge in [0.15, 0.2) is 11.5 Å². The minimum absolute atomic E-state index is 0.00171. The minimum Gasteiger partial charge on any atom is -0.444 e. The van der Waals surface area contributed by atoms with Crippen molar-refractivity contribution in [2.75, 3.05) is 30.8 Å². The molecule has 2 aromatic rings. The van der Waals surface area contributed by atoms with E-state index in [-0.39, 0.29) is 29.4 Å². The Morgan fingerprint density at radius 3 is 2.67 bits per heavy atom. The van der Waals surface area contributed by atoms with Gasteiger partial charge in [0.05, 0.1) is 0 Å². The van der Waals surface area contributed by atoms with E-state index in [4.69, 9.17) is 14.2 Å². The second-order valence-electron chi connectivity index (χ2n) is 10.3. The molecule has 2 aliphatic heterocycles. The summed E-state index contributed by atoms with van der Waals surface area (Å²) in [6.07, 6.45) is -1.44. The van der Waals surface area contributed by atoms with Gasteiger partial charge in [-0.25, -0.2) is 9.78 Å². The molecule has 2 atom stereocenters. The standard InChI is InChI=1S/C25H29F2N5O4/c1-13-6-20(28-5)31-22(29-13)30-17-9-18(21-19(10-17)34-25(26,27)35-21)14-7-15-11-32(12-16(15)8-14)23(33)36-24(2,3)4/h6-7,9-10,15-16H,8,11-12H2,1-5H3,(H2,28,29,30,31)/t15-,16+/m0/s1. The molecule has 1 aromatic heterocycles. The fourth-order valence-corrected chi connectivity index (χ4v) is 4.83. The van der Waals surface area contributed by atoms with E-state index in [1.807, 2.05) is 33.8 Å². The zero-order chi connectivity index (χ0) is 25.8. The van der Waals surface area contributed by atoms with Gasteiger partial charge in [-0.05, 0) is 57.6 Å². The predicted molar refractivity (Wildman–Crippen MR) is 130 cm³/mol. The molecule has 11 heteroatoms. The molecule has 0 radical (unpaired) electrons. The van der Waals surface area contributed by atoms with E-state index in [1.54, 1.807) is 24.1 Å². The van der Waals surface area contributed by atoms with Gasteiger partial charge in [-0.1, -0.05) is 6.08 Å². The largest absolute Gasteiger partial charge is 0.586 e. The van der Waals surface area contributed by atoms with Crippen molar-refractivity contribution < 1.29 is 27.8 Å². The number of hydrogen-bond acceptors (Lipinski definition) is 8. The zero-order valence-electron chi connectivity index (χ0n) is 20.8. The Balaban J connectivity index is 1.42. The van der Waals surface area contributed by atoms with Gasteiger partial charge in [0.1, 0.15) is 11.4 Å². The second kappa shape index (κ2) is 8.49. The smallest absolute Gasteiger partial charge is 0.444 e. The van der Waals surface area contributed by atoms with Crippen LogP contribution >= 0.6 is 0 Å². The Morgan fingerprint density at radius 2 is 1.97 bits per heavy atom. The fraction of sp³-hybridized carbons (Fsp3) is 0.480. The van der Waals surface area contributed by atoms with Crippen molar-refractivity contribution in [2.24, 2.45) is 11.8 Å². The van der Waals surface area contributed by atoms with Crippen LogP contribution in [0.25, 0.3) is 5.57 Å². The second-order valence-corrected chi connectivity index (χ2v) is 10.3. The van der Waals surface area contributed by atoms with Crippen molar-refractivity contribution in [2.45, 2.75) is 46.0 Å². The predicted octanol–water partition coefficient (Wildman–Crippen LogP) is 5.16. The molecule has 9 nitrogen and oxygen atoms in total. The first-order chi connectivity index (χ1) is 16.9. The van der Waals surface area contributed by atoms with E-state index in [9.17, 15) is 13.6 Å². The molecule has 1 saturated heterocycles. The number of carbonyl (C=O) groups is 1. The fourth-order valence-electron chi connectivity index (χ4n) is 4.83. The molecular formula is C25H29F2N5O4. The average molecular weight is 502 g/mol. The number of alkyl halides is 2. The molecule has 0 bridgehead atoms. The summed E-state index contributed by atoms with van der Waals surface area (Å²) >= 11 is 0. The first-order valence-electron chi connectivity index (χ1n) is 11.8. The summed E-state index contributed by atoms with van der Waals surface area (Å²) < 4.78 is 43.3. The van der Waals surface area contributed by atoms with Crippen LogP contribution in [0.15, 0.2) is 24.3 Å². The van der Waals surface area contributed by atoms with Crippen LogP contribution in [-0.2, 0) is 4.74 Å². The summed E-state index contributed by atoms with van der Waals surface area (Å²) in [6, 6.07) is 4.98. The molecule has 1 aromatic carbocycles. The lowest BCUT2D eigenvalue weighted by atomic mass is 9.97. The maximum atomic E-state index is 14.0. The van der Waals surface area contributed by atoms with Crippen LogP contribution in [0.1, 0.15) is 38.4 Å². The van der Waals surface area contributed by atoms with E-state index < -0.39 is 11.9 Å². The Labute approximate surface area is 207 Å². The SMILES string of the molecule is CNc1cc(C)nc(Nc2cc3c(c(C4=C[C@H]5CN(C(=O)OC(C)(C)C)C[C@H]5C4)c2)OC(F)(F)O3)n1. The molecule has 0 unspecified atom stereocenters. The number of likely N-dealkylation sites (tertiary alicyclic amines) is 1. The number of nitrogens with zero attached hydrogens (tertiary/aromatic N) is 3. The lowest BCUT2D eigenvalue weighted by Gasteiger charge is -2.24. The minimum atomic E-state index is -3.75. The average Bonchev–Trinajstić information content (AvgIpc) is 3.41. The van der Waals surface area contributed by atoms with Crippen molar-refractivity contribution >= 4 is 29.1 Å². The molecule has 3 heterocycles. The summed E-state index contributed by atoms with van der Waals surface area (Å²) in [5.41, 5.74) is 2.06. The van der Waals surface area contributed by atoms with Crippen LogP contribution in [0, 0.1) is 18.8 Å². The number of allylic oxidation sites excluding steroid dienone is 1. The number of anilines is 3. The maximum absolute atomic E-state index is 14.0. The van der Waals surface area contributed by atoms with Crippen molar-refractivity contribution in [1.82, 2.24) is 14.9 Å². The van der Waals surface area contributed by atoms with Crippen LogP contribution in [0.2, 0.25) is 0 Å². The molecule has 0 saturated carbocycles. The number of halogens is 2. The highest BCUT2D eigenvalue weighted by Gasteiger charge is 2.46. The Hall–Kier alpha value is -3.63. The van der Waals surface area contributed by atoms with Gasteiger partial charge in [-0.2, -0.15) is 4.98 Å². The number of ether oxygens (including phenoxy) is 3. The van der Waals surface area contributed by atoms with E-state index in [1.165, 1.54) is 6.07 Å². The third-order valence-electron chi connectivity index (χ3n) is 6.26. The molecule has 36 heavy (non-hydrogen) atoms. The van der Waals surface area contributed by atoms with E-state index in [2.05, 4.69) is 20.6 Å². The van der Waals surface area contributed by atoms with Crippen molar-refractivity contribution in [3.8, 4) is 11.5 Å². The summed E-state index contributed by atoms with van der Waals surface area (Å²) in [5, 5.41) is 6.06. The van der Waals surface area contributed by atoms with E-state index >= 15 is 0 Å². The maximum Gasteiger partial charge on any atom is 0.586 e. The van der Waals surface area contributed by atoms with Gasteiger partial charge in [0, 0.05) is 49.2 Å². The Morgan fingerprint density at radius 1 is 1.19 bits per heavy atom. The van der Waals surface area contributed by atoms with Gasteiger partial charge in [0.25, 0.3) is 0 Å². The van der Waals surface area contributed by atoms with Crippen LogP contribution in [0.5, 0.6) is 11.5 Å². The van der Waals surface area contributed by atoms with Gasteiger partial charge >= 0.3 is 12.4 Å². The Bertz CT molecular complexity index is 1240. The first-order valence-corrected chi connectivity index (χ1v) is 11.8. The number of amides is 1. The number of rotatable bonds is 4. The van der Waals surface area contributed by atoms with Crippen LogP contribution in [-0.4, -0.2) is 53.0 Å². The number of benzene rings is 1. The lowest BCUT2D eigenvalue weighted by molar-refractivity contribution is -0.286. The summed E-state index contributed by atoms with van der Waals surface area (Å²) in [4.78, 5) is 23.0. The number of hydrogen-bond donors (Lipinski definition) is 2. The monoisotopic (exact) mass is 501 g/mol. The van der Waals surface area contributed by atoms with Crippen LogP contribution in [0.3, 0.4) is 0 Å². The summed E-state index contributed by atoms with van der Waals surface area (Å²) in [5.74, 6) is 1.15. The van der Waals surface area contributed by atoms with Crippen LogP contribution in [0.4, 0.5) is 31.0 Å². The summed E-state index contributed by atoms with van der Waals surface area (Å²) in [7, 11) is 1.75. The highest BCUT2D eigenvalue weighted by molar-refractivity contribution is 5.80. The zero-order valence-corrected chi connectivity index (χ0v) is 20.8. The van der Waals surface area contributed by atoms with Gasteiger partial charge in [-0.15, -0.1) is 8.78 Å². The lowest BCUT2D eigenvalue weighted by Crippen LogP contribution is -2.35. The Kier molecular flexibility index (Phi) is 5.68. The van der Waals surface area contributed by atoms with E-state index in [0.717, 1.165) is 11.3 Å². The number of aryl methyl sites for hydroxylation is 1. The van der Waals surface area contributed by atoms with Crippen molar-refractivity contribution in [1.29, 1.82) is 0 Å².